The maximum Gasteiger partial charge on any atom is 0.145 e. The normalized spacial score (nSPS) is 17.9. The molecule has 0 aliphatic heterocycles. The van der Waals surface area contributed by atoms with E-state index < -0.39 is 34.4 Å². The third-order valence-corrected chi connectivity index (χ3v) is 4.83. The Hall–Kier alpha value is -0.820. The number of ether oxygens (including phenoxy) is 2. The third-order valence-electron chi connectivity index (χ3n) is 4.83. The quantitative estimate of drug-likeness (QED) is 0.558. The number of aliphatic hydroxyl groups excluding tert-OH is 1. The van der Waals surface area contributed by atoms with E-state index in [1.807, 2.05) is 41.5 Å². The molecule has 0 saturated heterocycles. The average molecular weight is 388 g/mol. The zero-order valence-corrected chi connectivity index (χ0v) is 18.9. The van der Waals surface area contributed by atoms with E-state index in [1.54, 1.807) is 27.7 Å². The number of carbonyl (C=O) groups excluding carboxylic acids is 2. The second-order valence-electron chi connectivity index (χ2n) is 10.2. The number of aliphatic hydroxyl groups is 1. The van der Waals surface area contributed by atoms with Gasteiger partial charge in [0, 0.05) is 18.3 Å². The van der Waals surface area contributed by atoms with Gasteiger partial charge in [-0.25, -0.2) is 0 Å². The van der Waals surface area contributed by atoms with Gasteiger partial charge in [-0.2, -0.15) is 0 Å². The van der Waals surface area contributed by atoms with Crippen molar-refractivity contribution in [2.75, 3.05) is 6.61 Å². The van der Waals surface area contributed by atoms with Gasteiger partial charge in [0.05, 0.1) is 29.8 Å². The van der Waals surface area contributed by atoms with Gasteiger partial charge in [0.2, 0.25) is 0 Å². The fourth-order valence-corrected chi connectivity index (χ4v) is 2.56. The highest BCUT2D eigenvalue weighted by atomic mass is 16.5. The van der Waals surface area contributed by atoms with E-state index in [9.17, 15) is 14.7 Å². The minimum atomic E-state index is -1.27. The zero-order valence-electron chi connectivity index (χ0n) is 18.9. The van der Waals surface area contributed by atoms with Gasteiger partial charge in [0.15, 0.2) is 0 Å². The lowest BCUT2D eigenvalue weighted by Gasteiger charge is -2.42. The predicted molar refractivity (Wildman–Crippen MR) is 107 cm³/mol. The highest BCUT2D eigenvalue weighted by Crippen LogP contribution is 2.34. The summed E-state index contributed by atoms with van der Waals surface area (Å²) in [4.78, 5) is 25.1. The van der Waals surface area contributed by atoms with Crippen LogP contribution in [0, 0.1) is 10.8 Å². The Labute approximate surface area is 165 Å². The first-order valence-corrected chi connectivity index (χ1v) is 9.65. The van der Waals surface area contributed by atoms with Crippen molar-refractivity contribution >= 4 is 11.6 Å². The van der Waals surface area contributed by atoms with Crippen molar-refractivity contribution in [1.29, 1.82) is 0 Å². The minimum Gasteiger partial charge on any atom is -0.394 e. The molecule has 0 rings (SSSR count). The number of hydrogen-bond donors (Lipinski definition) is 2. The Kier molecular flexibility index (Phi) is 8.84. The van der Waals surface area contributed by atoms with Crippen LogP contribution in [0.3, 0.4) is 0 Å². The molecule has 0 fully saturated rings. The molecule has 0 aromatic carbocycles. The summed E-state index contributed by atoms with van der Waals surface area (Å²) < 4.78 is 11.7. The highest BCUT2D eigenvalue weighted by molar-refractivity contribution is 5.86. The van der Waals surface area contributed by atoms with Crippen LogP contribution in [0.15, 0.2) is 0 Å². The largest absolute Gasteiger partial charge is 0.394 e. The maximum absolute atomic E-state index is 12.9. The van der Waals surface area contributed by atoms with Gasteiger partial charge in [-0.3, -0.25) is 9.59 Å². The lowest BCUT2D eigenvalue weighted by molar-refractivity contribution is -0.169. The first-order chi connectivity index (χ1) is 11.8. The molecule has 0 aromatic heterocycles. The molecule has 3 atom stereocenters. The van der Waals surface area contributed by atoms with Gasteiger partial charge in [-0.15, -0.1) is 0 Å². The summed E-state index contributed by atoms with van der Waals surface area (Å²) in [6.07, 6.45) is -0.759. The van der Waals surface area contributed by atoms with Gasteiger partial charge < -0.3 is 20.3 Å². The minimum absolute atomic E-state index is 0.0340. The van der Waals surface area contributed by atoms with Gasteiger partial charge >= 0.3 is 0 Å². The predicted octanol–water partition coefficient (Wildman–Crippen LogP) is 3.23. The van der Waals surface area contributed by atoms with Crippen LogP contribution in [-0.4, -0.2) is 46.8 Å². The summed E-state index contributed by atoms with van der Waals surface area (Å²) in [5.74, 6) is -0.0843. The van der Waals surface area contributed by atoms with Crippen molar-refractivity contribution in [2.45, 2.75) is 106 Å². The monoisotopic (exact) mass is 387 g/mol. The molecule has 0 radical (unpaired) electrons. The van der Waals surface area contributed by atoms with Crippen molar-refractivity contribution in [3.8, 4) is 0 Å². The third kappa shape index (κ3) is 8.38. The van der Waals surface area contributed by atoms with E-state index >= 15 is 0 Å². The first-order valence-electron chi connectivity index (χ1n) is 9.65. The molecule has 0 spiro atoms. The summed E-state index contributed by atoms with van der Waals surface area (Å²) >= 11 is 0. The molecule has 160 valence electrons. The van der Waals surface area contributed by atoms with E-state index in [0.29, 0.717) is 0 Å². The zero-order chi connectivity index (χ0) is 21.8. The van der Waals surface area contributed by atoms with Gasteiger partial charge in [0.25, 0.3) is 0 Å². The molecule has 0 amide bonds. The van der Waals surface area contributed by atoms with Crippen LogP contribution >= 0.6 is 0 Å². The number of hydrogen-bond acceptors (Lipinski definition) is 6. The summed E-state index contributed by atoms with van der Waals surface area (Å²) in [7, 11) is 0. The number of nitrogens with two attached hydrogens (primary N) is 1. The number of ketones is 2. The van der Waals surface area contributed by atoms with Crippen LogP contribution in [0.2, 0.25) is 0 Å². The van der Waals surface area contributed by atoms with Crippen molar-refractivity contribution in [2.24, 2.45) is 16.6 Å². The SMILES string of the molecule is CC(CC(=O)C(C)(C)C)OC(C)(N)C(C)(C)C(=O)CC(CO)OC(C)(C)C. The molecule has 0 aliphatic carbocycles. The van der Waals surface area contributed by atoms with Gasteiger partial charge in [-0.1, -0.05) is 20.8 Å². The number of carbonyl (C=O) groups is 2. The standard InChI is InChI=1S/C21H41NO5/c1-14(11-16(24)18(2,3)4)26-21(10,22)20(8,9)17(25)12-15(13-23)27-19(5,6)7/h14-15,23H,11-13,22H2,1-10H3. The Balaban J connectivity index is 5.12. The fraction of sp³-hybridized carbons (Fsp3) is 0.905. The molecule has 0 aliphatic rings. The molecule has 0 saturated carbocycles. The Bertz CT molecular complexity index is 512. The van der Waals surface area contributed by atoms with Crippen molar-refractivity contribution in [3.05, 3.63) is 0 Å². The molecular weight excluding hydrogens is 346 g/mol. The molecule has 0 aromatic rings. The smallest absolute Gasteiger partial charge is 0.145 e. The lowest BCUT2D eigenvalue weighted by Crippen LogP contribution is -2.58. The van der Waals surface area contributed by atoms with E-state index in [4.69, 9.17) is 15.2 Å². The second kappa shape index (κ2) is 9.12. The molecule has 0 bridgehead atoms. The van der Waals surface area contributed by atoms with Crippen LogP contribution in [0.25, 0.3) is 0 Å². The summed E-state index contributed by atoms with van der Waals surface area (Å²) in [6.45, 7) is 17.8. The maximum atomic E-state index is 12.9. The van der Waals surface area contributed by atoms with Crippen molar-refractivity contribution < 1.29 is 24.2 Å². The topological polar surface area (TPSA) is 98.9 Å². The van der Waals surface area contributed by atoms with E-state index in [0.717, 1.165) is 0 Å². The fourth-order valence-electron chi connectivity index (χ4n) is 2.56. The Morgan fingerprint density at radius 1 is 0.889 bits per heavy atom. The molecule has 6 nitrogen and oxygen atoms in total. The first kappa shape index (κ1) is 26.2. The van der Waals surface area contributed by atoms with Gasteiger partial charge in [0.1, 0.15) is 17.3 Å². The molecular formula is C21H41NO5. The van der Waals surface area contributed by atoms with E-state index in [-0.39, 0.29) is 31.0 Å². The Morgan fingerprint density at radius 3 is 1.74 bits per heavy atom. The molecule has 6 heteroatoms. The summed E-state index contributed by atoms with van der Waals surface area (Å²) in [6, 6.07) is 0. The van der Waals surface area contributed by atoms with E-state index in [1.165, 1.54) is 0 Å². The summed E-state index contributed by atoms with van der Waals surface area (Å²) in [5, 5.41) is 9.55. The molecule has 0 heterocycles. The molecule has 27 heavy (non-hydrogen) atoms. The number of rotatable bonds is 10. The van der Waals surface area contributed by atoms with Crippen LogP contribution < -0.4 is 5.73 Å². The molecule has 3 N–H and O–H groups in total. The van der Waals surface area contributed by atoms with Gasteiger partial charge in [-0.05, 0) is 48.5 Å². The van der Waals surface area contributed by atoms with Crippen LogP contribution in [0.1, 0.15) is 82.1 Å². The van der Waals surface area contributed by atoms with E-state index in [2.05, 4.69) is 0 Å². The number of Topliss-reactive ketones (excluding diaryl/α,β-unsaturated/α-hetero) is 2. The molecule has 3 unspecified atom stereocenters. The van der Waals surface area contributed by atoms with Crippen LogP contribution in [-0.2, 0) is 19.1 Å². The van der Waals surface area contributed by atoms with Crippen LogP contribution in [0.4, 0.5) is 0 Å². The lowest BCUT2D eigenvalue weighted by atomic mass is 9.76. The van der Waals surface area contributed by atoms with Crippen molar-refractivity contribution in [3.63, 3.8) is 0 Å². The Morgan fingerprint density at radius 2 is 1.37 bits per heavy atom. The highest BCUT2D eigenvalue weighted by Gasteiger charge is 2.46. The average Bonchev–Trinajstić information content (AvgIpc) is 2.42. The van der Waals surface area contributed by atoms with Crippen LogP contribution in [0.5, 0.6) is 0 Å². The second-order valence-corrected chi connectivity index (χ2v) is 10.2. The summed E-state index contributed by atoms with van der Waals surface area (Å²) in [5.41, 5.74) is 3.14. The van der Waals surface area contributed by atoms with Crippen molar-refractivity contribution in [1.82, 2.24) is 0 Å².